The second-order valence-electron chi connectivity index (χ2n) is 6.50. The zero-order valence-corrected chi connectivity index (χ0v) is 17.3. The SMILES string of the molecule is I.NC(=NCC1CC1c1ccccc1)N1CCN(c2nccs2)CC1. The summed E-state index contributed by atoms with van der Waals surface area (Å²) in [6.07, 6.45) is 3.10. The molecule has 1 aromatic carbocycles. The molecule has 1 aromatic heterocycles. The van der Waals surface area contributed by atoms with Crippen molar-refractivity contribution in [3.05, 3.63) is 47.5 Å². The molecule has 0 spiro atoms. The number of halogens is 1. The molecular formula is C18H24IN5S. The fourth-order valence-corrected chi connectivity index (χ4v) is 4.06. The van der Waals surface area contributed by atoms with E-state index in [2.05, 4.69) is 50.1 Å². The lowest BCUT2D eigenvalue weighted by molar-refractivity contribution is 0.380. The van der Waals surface area contributed by atoms with Crippen molar-refractivity contribution in [2.45, 2.75) is 12.3 Å². The van der Waals surface area contributed by atoms with Gasteiger partial charge in [0.15, 0.2) is 11.1 Å². The summed E-state index contributed by atoms with van der Waals surface area (Å²) < 4.78 is 0. The Morgan fingerprint density at radius 2 is 1.96 bits per heavy atom. The molecule has 2 unspecified atom stereocenters. The van der Waals surface area contributed by atoms with Crippen molar-refractivity contribution in [1.82, 2.24) is 9.88 Å². The fraction of sp³-hybridized carbons (Fsp3) is 0.444. The van der Waals surface area contributed by atoms with E-state index < -0.39 is 0 Å². The maximum Gasteiger partial charge on any atom is 0.191 e. The molecule has 2 heterocycles. The van der Waals surface area contributed by atoms with E-state index in [0.29, 0.717) is 17.8 Å². The van der Waals surface area contributed by atoms with Crippen molar-refractivity contribution < 1.29 is 0 Å². The number of piperazine rings is 1. The van der Waals surface area contributed by atoms with Gasteiger partial charge in [-0.3, -0.25) is 4.99 Å². The van der Waals surface area contributed by atoms with Crippen molar-refractivity contribution in [3.8, 4) is 0 Å². The molecule has 7 heteroatoms. The maximum absolute atomic E-state index is 6.22. The van der Waals surface area contributed by atoms with Gasteiger partial charge < -0.3 is 15.5 Å². The van der Waals surface area contributed by atoms with E-state index in [1.807, 2.05) is 11.6 Å². The third-order valence-electron chi connectivity index (χ3n) is 4.93. The first-order valence-corrected chi connectivity index (χ1v) is 9.43. The Morgan fingerprint density at radius 1 is 1.20 bits per heavy atom. The molecule has 0 bridgehead atoms. The Bertz CT molecular complexity index is 683. The van der Waals surface area contributed by atoms with Crippen LogP contribution in [0.5, 0.6) is 0 Å². The van der Waals surface area contributed by atoms with Crippen molar-refractivity contribution in [2.24, 2.45) is 16.6 Å². The number of hydrogen-bond donors (Lipinski definition) is 1. The number of hydrogen-bond acceptors (Lipinski definition) is 4. The molecule has 1 saturated heterocycles. The molecule has 1 saturated carbocycles. The largest absolute Gasteiger partial charge is 0.370 e. The summed E-state index contributed by atoms with van der Waals surface area (Å²) in [4.78, 5) is 13.6. The zero-order valence-electron chi connectivity index (χ0n) is 14.1. The molecule has 1 aliphatic heterocycles. The van der Waals surface area contributed by atoms with Gasteiger partial charge in [-0.15, -0.1) is 35.3 Å². The van der Waals surface area contributed by atoms with E-state index in [1.54, 1.807) is 11.3 Å². The maximum atomic E-state index is 6.22. The van der Waals surface area contributed by atoms with Crippen molar-refractivity contribution in [3.63, 3.8) is 0 Å². The summed E-state index contributed by atoms with van der Waals surface area (Å²) in [6, 6.07) is 10.7. The van der Waals surface area contributed by atoms with Crippen LogP contribution in [0.15, 0.2) is 46.9 Å². The number of guanidine groups is 1. The van der Waals surface area contributed by atoms with Crippen LogP contribution >= 0.6 is 35.3 Å². The Kier molecular flexibility index (Phi) is 6.16. The predicted molar refractivity (Wildman–Crippen MR) is 115 cm³/mol. The molecule has 2 atom stereocenters. The van der Waals surface area contributed by atoms with Gasteiger partial charge in [0.05, 0.1) is 0 Å². The molecule has 2 aliphatic rings. The van der Waals surface area contributed by atoms with Crippen LogP contribution in [0.4, 0.5) is 5.13 Å². The monoisotopic (exact) mass is 469 g/mol. The van der Waals surface area contributed by atoms with E-state index in [4.69, 9.17) is 5.73 Å². The van der Waals surface area contributed by atoms with Crippen LogP contribution in [-0.4, -0.2) is 48.6 Å². The predicted octanol–water partition coefficient (Wildman–Crippen LogP) is 3.00. The Morgan fingerprint density at radius 3 is 2.64 bits per heavy atom. The highest BCUT2D eigenvalue weighted by atomic mass is 127. The number of rotatable bonds is 4. The van der Waals surface area contributed by atoms with E-state index in [9.17, 15) is 0 Å². The first-order valence-electron chi connectivity index (χ1n) is 8.55. The Hall–Kier alpha value is -1.35. The quantitative estimate of drug-likeness (QED) is 0.425. The van der Waals surface area contributed by atoms with Crippen molar-refractivity contribution >= 4 is 46.4 Å². The number of aliphatic imine (C=N–C) groups is 1. The molecule has 5 nitrogen and oxygen atoms in total. The van der Waals surface area contributed by atoms with Gasteiger partial charge in [-0.1, -0.05) is 30.3 Å². The fourth-order valence-electron chi connectivity index (χ4n) is 3.37. The number of nitrogens with two attached hydrogens (primary N) is 1. The molecule has 2 fully saturated rings. The smallest absolute Gasteiger partial charge is 0.191 e. The van der Waals surface area contributed by atoms with E-state index in [-0.39, 0.29) is 24.0 Å². The average Bonchev–Trinajstić information content (AvgIpc) is 3.21. The van der Waals surface area contributed by atoms with Gasteiger partial charge in [0.1, 0.15) is 0 Å². The van der Waals surface area contributed by atoms with E-state index in [0.717, 1.165) is 37.9 Å². The van der Waals surface area contributed by atoms with Gasteiger partial charge in [-0.25, -0.2) is 4.98 Å². The minimum atomic E-state index is 0. The molecule has 0 amide bonds. The van der Waals surface area contributed by atoms with Gasteiger partial charge in [0.25, 0.3) is 0 Å². The summed E-state index contributed by atoms with van der Waals surface area (Å²) in [5, 5.41) is 3.13. The molecule has 134 valence electrons. The highest BCUT2D eigenvalue weighted by molar-refractivity contribution is 14.0. The van der Waals surface area contributed by atoms with Crippen LogP contribution < -0.4 is 10.6 Å². The van der Waals surface area contributed by atoms with Gasteiger partial charge in [0, 0.05) is 44.3 Å². The van der Waals surface area contributed by atoms with E-state index >= 15 is 0 Å². The summed E-state index contributed by atoms with van der Waals surface area (Å²) in [7, 11) is 0. The van der Waals surface area contributed by atoms with Gasteiger partial charge >= 0.3 is 0 Å². The topological polar surface area (TPSA) is 57.8 Å². The van der Waals surface area contributed by atoms with E-state index in [1.165, 1.54) is 12.0 Å². The molecule has 2 aromatic rings. The third kappa shape index (κ3) is 4.44. The molecule has 2 N–H and O–H groups in total. The number of benzene rings is 1. The second-order valence-corrected chi connectivity index (χ2v) is 7.37. The van der Waals surface area contributed by atoms with Crippen molar-refractivity contribution in [1.29, 1.82) is 0 Å². The molecule has 4 rings (SSSR count). The van der Waals surface area contributed by atoms with Gasteiger partial charge in [-0.05, 0) is 23.8 Å². The Balaban J connectivity index is 0.00000182. The minimum Gasteiger partial charge on any atom is -0.370 e. The van der Waals surface area contributed by atoms with Gasteiger partial charge in [-0.2, -0.15) is 0 Å². The third-order valence-corrected chi connectivity index (χ3v) is 5.76. The average molecular weight is 469 g/mol. The first-order chi connectivity index (χ1) is 11.8. The summed E-state index contributed by atoms with van der Waals surface area (Å²) >= 11 is 1.69. The van der Waals surface area contributed by atoms with Gasteiger partial charge in [0.2, 0.25) is 0 Å². The second kappa shape index (κ2) is 8.35. The van der Waals surface area contributed by atoms with Crippen LogP contribution in [0.1, 0.15) is 17.9 Å². The molecule has 25 heavy (non-hydrogen) atoms. The minimum absolute atomic E-state index is 0. The summed E-state index contributed by atoms with van der Waals surface area (Å²) in [6.45, 7) is 4.60. The molecular weight excluding hydrogens is 445 g/mol. The number of thiazole rings is 1. The lowest BCUT2D eigenvalue weighted by atomic mass is 10.1. The van der Waals surface area contributed by atoms with Crippen molar-refractivity contribution in [2.75, 3.05) is 37.6 Å². The lowest BCUT2D eigenvalue weighted by Gasteiger charge is -2.35. The van der Waals surface area contributed by atoms with Crippen LogP contribution in [0, 0.1) is 5.92 Å². The van der Waals surface area contributed by atoms with Crippen LogP contribution in [0.3, 0.4) is 0 Å². The molecule has 0 radical (unpaired) electrons. The summed E-state index contributed by atoms with van der Waals surface area (Å²) in [5.41, 5.74) is 7.66. The molecule has 1 aliphatic carbocycles. The van der Waals surface area contributed by atoms with Crippen LogP contribution in [0.25, 0.3) is 0 Å². The number of aromatic nitrogens is 1. The standard InChI is InChI=1S/C18H23N5S.HI/c19-17(21-13-15-12-16(15)14-4-2-1-3-5-14)22-7-9-23(10-8-22)18-20-6-11-24-18;/h1-6,11,15-16H,7-10,12-13H2,(H2,19,21);1H. The van der Waals surface area contributed by atoms with Crippen LogP contribution in [0.2, 0.25) is 0 Å². The zero-order chi connectivity index (χ0) is 16.4. The van der Waals surface area contributed by atoms with Crippen LogP contribution in [-0.2, 0) is 0 Å². The normalized spacial score (nSPS) is 23.3. The first kappa shape index (κ1) is 18.4. The number of nitrogens with zero attached hydrogens (tertiary/aromatic N) is 4. The number of anilines is 1. The highest BCUT2D eigenvalue weighted by Crippen LogP contribution is 2.47. The Labute approximate surface area is 170 Å². The lowest BCUT2D eigenvalue weighted by Crippen LogP contribution is -2.51. The highest BCUT2D eigenvalue weighted by Gasteiger charge is 2.37. The summed E-state index contributed by atoms with van der Waals surface area (Å²) in [5.74, 6) is 2.03.